The molecular weight excluding hydrogens is 186 g/mol. The van der Waals surface area contributed by atoms with E-state index in [1.54, 1.807) is 18.3 Å². The molecule has 1 aromatic rings. The van der Waals surface area contributed by atoms with E-state index in [2.05, 4.69) is 4.98 Å². The summed E-state index contributed by atoms with van der Waals surface area (Å²) in [5.41, 5.74) is 5.97. The Morgan fingerprint density at radius 3 is 3.08 bits per heavy atom. The maximum Gasteiger partial charge on any atom is 0.122 e. The average molecular weight is 197 g/mol. The number of hydrogen-bond acceptors (Lipinski definition) is 4. The lowest BCUT2D eigenvalue weighted by Gasteiger charge is -2.01. The molecule has 1 aromatic heterocycles. The first-order valence-corrected chi connectivity index (χ1v) is 4.76. The Morgan fingerprint density at radius 2 is 2.46 bits per heavy atom. The molecule has 4 nitrogen and oxygen atoms in total. The molecule has 0 aliphatic heterocycles. The Kier molecular flexibility index (Phi) is 3.72. The summed E-state index contributed by atoms with van der Waals surface area (Å²) in [7, 11) is 0. The number of thioether (sulfide) groups is 1. The van der Waals surface area contributed by atoms with Crippen LogP contribution in [-0.2, 0) is 0 Å². The van der Waals surface area contributed by atoms with Crippen molar-refractivity contribution in [3.05, 3.63) is 23.9 Å². The molecule has 13 heavy (non-hydrogen) atoms. The lowest BCUT2D eigenvalue weighted by molar-refractivity contribution is 0.322. The number of nitrogens with two attached hydrogens (primary N) is 1. The zero-order valence-corrected chi connectivity index (χ0v) is 7.84. The summed E-state index contributed by atoms with van der Waals surface area (Å²) in [6, 6.07) is 3.42. The van der Waals surface area contributed by atoms with Crippen molar-refractivity contribution >= 4 is 17.6 Å². The zero-order valence-electron chi connectivity index (χ0n) is 7.03. The van der Waals surface area contributed by atoms with Crippen LogP contribution in [0.25, 0.3) is 0 Å². The standard InChI is InChI=1S/C8H11N3OS/c9-8(10)6-1-2-11-7(5-6)13-4-3-12/h1-2,5,12H,3-4H2,(H3,9,10). The van der Waals surface area contributed by atoms with E-state index in [0.29, 0.717) is 11.3 Å². The Morgan fingerprint density at radius 1 is 1.69 bits per heavy atom. The second-order valence-corrected chi connectivity index (χ2v) is 3.48. The fraction of sp³-hybridized carbons (Fsp3) is 0.250. The average Bonchev–Trinajstić information content (AvgIpc) is 2.15. The van der Waals surface area contributed by atoms with Gasteiger partial charge in [-0.3, -0.25) is 5.41 Å². The lowest BCUT2D eigenvalue weighted by Crippen LogP contribution is -2.11. The highest BCUT2D eigenvalue weighted by Crippen LogP contribution is 2.15. The summed E-state index contributed by atoms with van der Waals surface area (Å²) in [6.45, 7) is 0.122. The van der Waals surface area contributed by atoms with Crippen molar-refractivity contribution in [2.75, 3.05) is 12.4 Å². The second-order valence-electron chi connectivity index (χ2n) is 2.37. The Balaban J connectivity index is 2.73. The van der Waals surface area contributed by atoms with Gasteiger partial charge in [0.15, 0.2) is 0 Å². The van der Waals surface area contributed by atoms with Gasteiger partial charge in [-0.2, -0.15) is 0 Å². The van der Waals surface area contributed by atoms with Crippen LogP contribution in [0, 0.1) is 5.41 Å². The molecule has 0 saturated carbocycles. The molecule has 0 aliphatic rings. The van der Waals surface area contributed by atoms with Gasteiger partial charge in [0.2, 0.25) is 0 Å². The van der Waals surface area contributed by atoms with Gasteiger partial charge in [0.25, 0.3) is 0 Å². The molecule has 0 aromatic carbocycles. The first-order valence-electron chi connectivity index (χ1n) is 3.78. The molecule has 0 unspecified atom stereocenters. The van der Waals surface area contributed by atoms with Crippen molar-refractivity contribution in [2.24, 2.45) is 5.73 Å². The molecule has 0 saturated heterocycles. The molecule has 0 radical (unpaired) electrons. The smallest absolute Gasteiger partial charge is 0.122 e. The van der Waals surface area contributed by atoms with Gasteiger partial charge in [-0.25, -0.2) is 4.98 Å². The number of aromatic nitrogens is 1. The molecule has 0 spiro atoms. The molecule has 5 heteroatoms. The van der Waals surface area contributed by atoms with Gasteiger partial charge >= 0.3 is 0 Å². The number of nitrogens with zero attached hydrogens (tertiary/aromatic N) is 1. The number of aliphatic hydroxyl groups excluding tert-OH is 1. The van der Waals surface area contributed by atoms with Crippen LogP contribution in [0.5, 0.6) is 0 Å². The van der Waals surface area contributed by atoms with E-state index in [4.69, 9.17) is 16.2 Å². The molecule has 1 heterocycles. The van der Waals surface area contributed by atoms with E-state index in [9.17, 15) is 0 Å². The number of pyridine rings is 1. The number of rotatable bonds is 4. The first kappa shape index (κ1) is 10.0. The molecular formula is C8H11N3OS. The van der Waals surface area contributed by atoms with Crippen molar-refractivity contribution in [3.63, 3.8) is 0 Å². The topological polar surface area (TPSA) is 83.0 Å². The molecule has 1 rings (SSSR count). The van der Waals surface area contributed by atoms with Gasteiger partial charge in [0, 0.05) is 17.5 Å². The second kappa shape index (κ2) is 4.84. The Hall–Kier alpha value is -1.07. The summed E-state index contributed by atoms with van der Waals surface area (Å²) < 4.78 is 0. The summed E-state index contributed by atoms with van der Waals surface area (Å²) in [4.78, 5) is 4.06. The van der Waals surface area contributed by atoms with Crippen LogP contribution in [0.1, 0.15) is 5.56 Å². The predicted molar refractivity (Wildman–Crippen MR) is 53.1 cm³/mol. The van der Waals surface area contributed by atoms with E-state index < -0.39 is 0 Å². The van der Waals surface area contributed by atoms with E-state index in [1.807, 2.05) is 0 Å². The highest BCUT2D eigenvalue weighted by atomic mass is 32.2. The lowest BCUT2D eigenvalue weighted by atomic mass is 10.2. The third-order valence-corrected chi connectivity index (χ3v) is 2.29. The van der Waals surface area contributed by atoms with Crippen molar-refractivity contribution in [3.8, 4) is 0 Å². The minimum Gasteiger partial charge on any atom is -0.396 e. The van der Waals surface area contributed by atoms with Crippen LogP contribution >= 0.6 is 11.8 Å². The van der Waals surface area contributed by atoms with Gasteiger partial charge in [0.05, 0.1) is 11.6 Å². The monoisotopic (exact) mass is 197 g/mol. The summed E-state index contributed by atoms with van der Waals surface area (Å²) in [6.07, 6.45) is 1.61. The number of hydrogen-bond donors (Lipinski definition) is 3. The normalized spacial score (nSPS) is 9.92. The van der Waals surface area contributed by atoms with Crippen LogP contribution < -0.4 is 5.73 Å². The van der Waals surface area contributed by atoms with E-state index in [1.165, 1.54) is 11.8 Å². The van der Waals surface area contributed by atoms with Crippen molar-refractivity contribution in [2.45, 2.75) is 5.03 Å². The molecule has 70 valence electrons. The summed E-state index contributed by atoms with van der Waals surface area (Å²) >= 11 is 1.44. The minimum absolute atomic E-state index is 0.0354. The van der Waals surface area contributed by atoms with Gasteiger partial charge in [-0.05, 0) is 12.1 Å². The van der Waals surface area contributed by atoms with Gasteiger partial charge < -0.3 is 10.8 Å². The largest absolute Gasteiger partial charge is 0.396 e. The fourth-order valence-electron chi connectivity index (χ4n) is 0.806. The van der Waals surface area contributed by atoms with Gasteiger partial charge in [0.1, 0.15) is 5.84 Å². The van der Waals surface area contributed by atoms with Gasteiger partial charge in [-0.15, -0.1) is 11.8 Å². The highest BCUT2D eigenvalue weighted by Gasteiger charge is 1.99. The molecule has 0 amide bonds. The maximum atomic E-state index is 8.59. The molecule has 0 aliphatic carbocycles. The van der Waals surface area contributed by atoms with E-state index in [-0.39, 0.29) is 12.4 Å². The van der Waals surface area contributed by atoms with Crippen molar-refractivity contribution < 1.29 is 5.11 Å². The predicted octanol–water partition coefficient (Wildman–Crippen LogP) is 0.450. The number of amidine groups is 1. The first-order chi connectivity index (χ1) is 6.24. The third-order valence-electron chi connectivity index (χ3n) is 1.39. The summed E-state index contributed by atoms with van der Waals surface area (Å²) in [5.74, 6) is 0.641. The van der Waals surface area contributed by atoms with Crippen LogP contribution in [0.4, 0.5) is 0 Å². The van der Waals surface area contributed by atoms with Gasteiger partial charge in [-0.1, -0.05) is 0 Å². The Bertz CT molecular complexity index is 303. The number of nitrogens with one attached hydrogen (secondary N) is 1. The van der Waals surface area contributed by atoms with E-state index >= 15 is 0 Å². The van der Waals surface area contributed by atoms with E-state index in [0.717, 1.165) is 5.03 Å². The maximum absolute atomic E-state index is 8.59. The SMILES string of the molecule is N=C(N)c1ccnc(SCCO)c1. The number of aliphatic hydroxyl groups is 1. The van der Waals surface area contributed by atoms with Crippen LogP contribution in [0.2, 0.25) is 0 Å². The molecule has 0 atom stereocenters. The quantitative estimate of drug-likeness (QED) is 0.372. The molecule has 0 bridgehead atoms. The van der Waals surface area contributed by atoms with Crippen LogP contribution in [0.3, 0.4) is 0 Å². The van der Waals surface area contributed by atoms with Crippen LogP contribution in [0.15, 0.2) is 23.4 Å². The number of nitrogen functional groups attached to an aromatic ring is 1. The molecule has 4 N–H and O–H groups in total. The fourth-order valence-corrected chi connectivity index (χ4v) is 1.45. The Labute approximate surface area is 80.7 Å². The zero-order chi connectivity index (χ0) is 9.68. The minimum atomic E-state index is 0.0354. The molecule has 0 fully saturated rings. The van der Waals surface area contributed by atoms with Crippen molar-refractivity contribution in [1.29, 1.82) is 5.41 Å². The third kappa shape index (κ3) is 3.04. The van der Waals surface area contributed by atoms with Crippen molar-refractivity contribution in [1.82, 2.24) is 4.98 Å². The van der Waals surface area contributed by atoms with Crippen LogP contribution in [-0.4, -0.2) is 28.3 Å². The highest BCUT2D eigenvalue weighted by molar-refractivity contribution is 7.99. The summed E-state index contributed by atoms with van der Waals surface area (Å²) in [5, 5.41) is 16.6.